The van der Waals surface area contributed by atoms with Gasteiger partial charge in [-0.3, -0.25) is 14.5 Å². The zero-order chi connectivity index (χ0) is 17.7. The minimum Gasteiger partial charge on any atom is -0.379 e. The minimum absolute atomic E-state index is 0.0161. The summed E-state index contributed by atoms with van der Waals surface area (Å²) in [7, 11) is 0. The van der Waals surface area contributed by atoms with Gasteiger partial charge in [0.25, 0.3) is 0 Å². The zero-order valence-electron chi connectivity index (χ0n) is 15.1. The van der Waals surface area contributed by atoms with E-state index in [1.807, 2.05) is 12.3 Å². The fraction of sp³-hybridized carbons (Fsp3) is 0.778. The molecule has 1 saturated heterocycles. The molecular weight excluding hydrogens is 338 g/mol. The number of morpholine rings is 1. The number of nitrogens with one attached hydrogen (secondary N) is 1. The van der Waals surface area contributed by atoms with Crippen molar-refractivity contribution in [1.29, 1.82) is 0 Å². The van der Waals surface area contributed by atoms with Crippen LogP contribution in [-0.4, -0.2) is 53.8 Å². The lowest BCUT2D eigenvalue weighted by Gasteiger charge is -2.48. The average Bonchev–Trinajstić information content (AvgIpc) is 2.98. The van der Waals surface area contributed by atoms with Crippen LogP contribution < -0.4 is 10.2 Å². The first-order valence-electron chi connectivity index (χ1n) is 9.35. The summed E-state index contributed by atoms with van der Waals surface area (Å²) in [6.07, 6.45) is 6.41. The molecule has 1 aliphatic heterocycles. The summed E-state index contributed by atoms with van der Waals surface area (Å²) in [5, 5.41) is 5.00. The SMILES string of the molecule is Cc1csc(=O)n1CCC(=O)NCC1(N2CCOCC2)CCCCC1. The highest BCUT2D eigenvalue weighted by atomic mass is 32.1. The zero-order valence-corrected chi connectivity index (χ0v) is 15.9. The second-order valence-corrected chi connectivity index (χ2v) is 8.03. The van der Waals surface area contributed by atoms with E-state index in [1.165, 1.54) is 30.6 Å². The Morgan fingerprint density at radius 2 is 2.00 bits per heavy atom. The van der Waals surface area contributed by atoms with Crippen LogP contribution in [0.2, 0.25) is 0 Å². The van der Waals surface area contributed by atoms with Crippen molar-refractivity contribution in [1.82, 2.24) is 14.8 Å². The predicted octanol–water partition coefficient (Wildman–Crippen LogP) is 1.76. The molecule has 0 unspecified atom stereocenters. The Morgan fingerprint density at radius 3 is 2.64 bits per heavy atom. The Balaban J connectivity index is 1.55. The maximum atomic E-state index is 12.4. The van der Waals surface area contributed by atoms with Crippen LogP contribution in [0.25, 0.3) is 0 Å². The first kappa shape index (κ1) is 18.6. The molecular formula is C18H29N3O3S. The fourth-order valence-corrected chi connectivity index (χ4v) is 4.85. The Labute approximate surface area is 153 Å². The van der Waals surface area contributed by atoms with Gasteiger partial charge in [-0.25, -0.2) is 0 Å². The topological polar surface area (TPSA) is 63.6 Å². The maximum absolute atomic E-state index is 12.4. The fourth-order valence-electron chi connectivity index (χ4n) is 4.09. The Morgan fingerprint density at radius 1 is 1.28 bits per heavy atom. The van der Waals surface area contributed by atoms with Gasteiger partial charge in [0.1, 0.15) is 0 Å². The number of hydrogen-bond acceptors (Lipinski definition) is 5. The summed E-state index contributed by atoms with van der Waals surface area (Å²) in [5.41, 5.74) is 1.02. The van der Waals surface area contributed by atoms with Crippen LogP contribution in [0, 0.1) is 6.92 Å². The molecule has 0 radical (unpaired) electrons. The van der Waals surface area contributed by atoms with Crippen molar-refractivity contribution in [2.75, 3.05) is 32.8 Å². The molecule has 1 N–H and O–H groups in total. The van der Waals surface area contributed by atoms with E-state index in [0.29, 0.717) is 19.5 Å². The number of aryl methyl sites for hydroxylation is 1. The molecule has 2 fully saturated rings. The lowest BCUT2D eigenvalue weighted by molar-refractivity contribution is -0.122. The summed E-state index contributed by atoms with van der Waals surface area (Å²) in [6.45, 7) is 6.57. The van der Waals surface area contributed by atoms with Crippen molar-refractivity contribution in [3.63, 3.8) is 0 Å². The van der Waals surface area contributed by atoms with Crippen LogP contribution in [0.4, 0.5) is 0 Å². The summed E-state index contributed by atoms with van der Waals surface area (Å²) in [5.74, 6) is 0.0377. The number of amides is 1. The molecule has 2 aliphatic rings. The van der Waals surface area contributed by atoms with Crippen LogP contribution in [0.3, 0.4) is 0 Å². The Hall–Kier alpha value is -1.18. The molecule has 0 bridgehead atoms. The van der Waals surface area contributed by atoms with Gasteiger partial charge < -0.3 is 14.6 Å². The third-order valence-corrected chi connectivity index (χ3v) is 6.50. The van der Waals surface area contributed by atoms with Gasteiger partial charge in [0.2, 0.25) is 5.91 Å². The molecule has 1 amide bonds. The number of hydrogen-bond donors (Lipinski definition) is 1. The van der Waals surface area contributed by atoms with Crippen molar-refractivity contribution < 1.29 is 9.53 Å². The quantitative estimate of drug-likeness (QED) is 0.832. The molecule has 7 heteroatoms. The van der Waals surface area contributed by atoms with Crippen LogP contribution in [0.1, 0.15) is 44.2 Å². The number of carbonyl (C=O) groups is 1. The average molecular weight is 368 g/mol. The van der Waals surface area contributed by atoms with Crippen LogP contribution >= 0.6 is 11.3 Å². The smallest absolute Gasteiger partial charge is 0.307 e. The molecule has 1 aromatic rings. The first-order chi connectivity index (χ1) is 12.1. The molecule has 2 heterocycles. The van der Waals surface area contributed by atoms with Crippen LogP contribution in [-0.2, 0) is 16.1 Å². The van der Waals surface area contributed by atoms with E-state index >= 15 is 0 Å². The molecule has 0 aromatic carbocycles. The number of rotatable bonds is 6. The molecule has 140 valence electrons. The lowest BCUT2D eigenvalue weighted by Crippen LogP contribution is -2.59. The second kappa shape index (κ2) is 8.47. The highest BCUT2D eigenvalue weighted by molar-refractivity contribution is 7.07. The van der Waals surface area contributed by atoms with Crippen molar-refractivity contribution in [3.05, 3.63) is 20.7 Å². The van der Waals surface area contributed by atoms with Gasteiger partial charge in [0.15, 0.2) is 0 Å². The number of ether oxygens (including phenoxy) is 1. The first-order valence-corrected chi connectivity index (χ1v) is 10.2. The van der Waals surface area contributed by atoms with E-state index in [-0.39, 0.29) is 16.3 Å². The highest BCUT2D eigenvalue weighted by Gasteiger charge is 2.38. The molecule has 6 nitrogen and oxygen atoms in total. The van der Waals surface area contributed by atoms with Crippen molar-refractivity contribution in [2.45, 2.75) is 57.5 Å². The summed E-state index contributed by atoms with van der Waals surface area (Å²) in [4.78, 5) is 26.7. The van der Waals surface area contributed by atoms with E-state index in [4.69, 9.17) is 4.74 Å². The summed E-state index contributed by atoms with van der Waals surface area (Å²) >= 11 is 1.19. The van der Waals surface area contributed by atoms with Gasteiger partial charge >= 0.3 is 4.87 Å². The normalized spacial score (nSPS) is 21.2. The van der Waals surface area contributed by atoms with Gasteiger partial charge in [-0.05, 0) is 19.8 Å². The molecule has 1 saturated carbocycles. The molecule has 0 spiro atoms. The molecule has 0 atom stereocenters. The van der Waals surface area contributed by atoms with Crippen molar-refractivity contribution >= 4 is 17.2 Å². The van der Waals surface area contributed by atoms with E-state index in [0.717, 1.165) is 44.8 Å². The molecule has 3 rings (SSSR count). The van der Waals surface area contributed by atoms with Gasteiger partial charge in [-0.1, -0.05) is 30.6 Å². The van der Waals surface area contributed by atoms with E-state index in [9.17, 15) is 9.59 Å². The minimum atomic E-state index is 0.0161. The number of carbonyl (C=O) groups excluding carboxylic acids is 1. The van der Waals surface area contributed by atoms with Crippen molar-refractivity contribution in [2.24, 2.45) is 0 Å². The molecule has 25 heavy (non-hydrogen) atoms. The second-order valence-electron chi connectivity index (χ2n) is 7.21. The lowest BCUT2D eigenvalue weighted by atomic mass is 9.79. The molecule has 1 aliphatic carbocycles. The van der Waals surface area contributed by atoms with Gasteiger partial charge in [0, 0.05) is 49.2 Å². The van der Waals surface area contributed by atoms with Crippen molar-refractivity contribution in [3.8, 4) is 0 Å². The number of aromatic nitrogens is 1. The third kappa shape index (κ3) is 4.51. The number of thiazole rings is 1. The van der Waals surface area contributed by atoms with Crippen LogP contribution in [0.5, 0.6) is 0 Å². The standard InChI is InChI=1S/C18H29N3O3S/c1-15-13-25-17(23)21(15)8-5-16(22)19-14-18(6-3-2-4-7-18)20-9-11-24-12-10-20/h13H,2-12,14H2,1H3,(H,19,22). The Kier molecular flexibility index (Phi) is 6.30. The van der Waals surface area contributed by atoms with E-state index in [2.05, 4.69) is 10.2 Å². The maximum Gasteiger partial charge on any atom is 0.307 e. The summed E-state index contributed by atoms with van der Waals surface area (Å²) < 4.78 is 7.19. The van der Waals surface area contributed by atoms with Gasteiger partial charge in [-0.15, -0.1) is 0 Å². The highest BCUT2D eigenvalue weighted by Crippen LogP contribution is 2.33. The van der Waals surface area contributed by atoms with Crippen LogP contribution in [0.15, 0.2) is 10.2 Å². The van der Waals surface area contributed by atoms with E-state index in [1.54, 1.807) is 4.57 Å². The third-order valence-electron chi connectivity index (χ3n) is 5.62. The number of nitrogens with zero attached hydrogens (tertiary/aromatic N) is 2. The summed E-state index contributed by atoms with van der Waals surface area (Å²) in [6, 6.07) is 0. The molecule has 1 aromatic heterocycles. The monoisotopic (exact) mass is 367 g/mol. The largest absolute Gasteiger partial charge is 0.379 e. The van der Waals surface area contributed by atoms with Gasteiger partial charge in [0.05, 0.1) is 13.2 Å². The van der Waals surface area contributed by atoms with Gasteiger partial charge in [-0.2, -0.15) is 0 Å². The van der Waals surface area contributed by atoms with E-state index < -0.39 is 0 Å². The Bertz CT molecular complexity index is 628. The predicted molar refractivity (Wildman–Crippen MR) is 99.2 cm³/mol.